The summed E-state index contributed by atoms with van der Waals surface area (Å²) in [6.45, 7) is 3.88. The van der Waals surface area contributed by atoms with Gasteiger partial charge in [-0.1, -0.05) is 42.6 Å². The molecule has 17 heavy (non-hydrogen) atoms. The summed E-state index contributed by atoms with van der Waals surface area (Å²) in [5.41, 5.74) is 1.86. The zero-order valence-corrected chi connectivity index (χ0v) is 11.2. The zero-order valence-electron chi connectivity index (χ0n) is 10.3. The largest absolute Gasteiger partial charge is 0.698 e. The molecule has 1 aromatic carbocycles. The average molecular weight is 257 g/mol. The van der Waals surface area contributed by atoms with Crippen molar-refractivity contribution in [3.05, 3.63) is 35.4 Å². The van der Waals surface area contributed by atoms with Gasteiger partial charge in [-0.25, -0.2) is 0 Å². The van der Waals surface area contributed by atoms with E-state index in [-0.39, 0.29) is 0 Å². The van der Waals surface area contributed by atoms with Crippen molar-refractivity contribution >= 4 is 8.25 Å². The molecule has 0 radical (unpaired) electrons. The van der Waals surface area contributed by atoms with Crippen LogP contribution in [-0.4, -0.2) is 12.0 Å². The quantitative estimate of drug-likeness (QED) is 0.628. The SMILES string of the molecule is CCc1ccccc1C(CC)(OC)O[P+](=O)O. The molecular formula is C12H18O4P+. The van der Waals surface area contributed by atoms with Crippen LogP contribution in [0.2, 0.25) is 0 Å². The van der Waals surface area contributed by atoms with Gasteiger partial charge in [0.25, 0.3) is 5.79 Å². The van der Waals surface area contributed by atoms with Crippen molar-refractivity contribution in [1.29, 1.82) is 0 Å². The van der Waals surface area contributed by atoms with E-state index in [1.54, 1.807) is 0 Å². The summed E-state index contributed by atoms with van der Waals surface area (Å²) < 4.78 is 21.4. The summed E-state index contributed by atoms with van der Waals surface area (Å²) >= 11 is 0. The molecule has 0 aromatic heterocycles. The maximum absolute atomic E-state index is 11.0. The van der Waals surface area contributed by atoms with Gasteiger partial charge < -0.3 is 4.74 Å². The fourth-order valence-electron chi connectivity index (χ4n) is 1.92. The molecule has 1 N–H and O–H groups in total. The lowest BCUT2D eigenvalue weighted by Gasteiger charge is -2.26. The zero-order chi connectivity index (χ0) is 12.9. The smallest absolute Gasteiger partial charge is 0.346 e. The van der Waals surface area contributed by atoms with Crippen LogP contribution < -0.4 is 0 Å². The van der Waals surface area contributed by atoms with Crippen LogP contribution in [-0.2, 0) is 26.0 Å². The topological polar surface area (TPSA) is 55.8 Å². The maximum Gasteiger partial charge on any atom is 0.698 e. The minimum absolute atomic E-state index is 0.460. The predicted molar refractivity (Wildman–Crippen MR) is 65.7 cm³/mol. The van der Waals surface area contributed by atoms with Crippen molar-refractivity contribution in [2.45, 2.75) is 32.5 Å². The number of methoxy groups -OCH3 is 1. The highest BCUT2D eigenvalue weighted by molar-refractivity contribution is 7.32. The minimum atomic E-state index is -2.72. The Hall–Kier alpha value is -0.800. The molecule has 0 aliphatic carbocycles. The molecule has 5 heteroatoms. The van der Waals surface area contributed by atoms with E-state index in [4.69, 9.17) is 14.2 Å². The molecule has 1 aromatic rings. The molecule has 0 spiro atoms. The van der Waals surface area contributed by atoms with E-state index in [1.165, 1.54) is 7.11 Å². The molecule has 4 nitrogen and oxygen atoms in total. The van der Waals surface area contributed by atoms with Crippen molar-refractivity contribution in [3.8, 4) is 0 Å². The fourth-order valence-corrected chi connectivity index (χ4v) is 2.48. The third-order valence-electron chi connectivity index (χ3n) is 2.83. The number of rotatable bonds is 6. The van der Waals surface area contributed by atoms with Crippen LogP contribution in [0, 0.1) is 0 Å². The first-order valence-electron chi connectivity index (χ1n) is 5.58. The van der Waals surface area contributed by atoms with E-state index in [0.717, 1.165) is 17.5 Å². The molecule has 0 aliphatic rings. The van der Waals surface area contributed by atoms with E-state index >= 15 is 0 Å². The van der Waals surface area contributed by atoms with E-state index in [0.29, 0.717) is 6.42 Å². The summed E-state index contributed by atoms with van der Waals surface area (Å²) in [6, 6.07) is 7.63. The molecule has 0 aliphatic heterocycles. The fraction of sp³-hybridized carbons (Fsp3) is 0.500. The van der Waals surface area contributed by atoms with Crippen LogP contribution >= 0.6 is 8.25 Å². The Bertz CT molecular complexity index is 388. The number of benzene rings is 1. The van der Waals surface area contributed by atoms with Crippen molar-refractivity contribution in [2.24, 2.45) is 0 Å². The Labute approximate surface area is 103 Å². The van der Waals surface area contributed by atoms with Gasteiger partial charge in [0.1, 0.15) is 0 Å². The summed E-state index contributed by atoms with van der Waals surface area (Å²) in [5.74, 6) is -1.14. The van der Waals surface area contributed by atoms with Gasteiger partial charge in [-0.05, 0) is 12.0 Å². The summed E-state index contributed by atoms with van der Waals surface area (Å²) in [7, 11) is -1.24. The lowest BCUT2D eigenvalue weighted by molar-refractivity contribution is -0.175. The highest BCUT2D eigenvalue weighted by atomic mass is 31.1. The van der Waals surface area contributed by atoms with Gasteiger partial charge >= 0.3 is 8.25 Å². The first kappa shape index (κ1) is 14.3. The van der Waals surface area contributed by atoms with E-state index < -0.39 is 14.0 Å². The number of aryl methyl sites for hydroxylation is 1. The average Bonchev–Trinajstić information content (AvgIpc) is 2.35. The molecular weight excluding hydrogens is 239 g/mol. The Morgan fingerprint density at radius 1 is 1.35 bits per heavy atom. The predicted octanol–water partition coefficient (Wildman–Crippen LogP) is 3.12. The third-order valence-corrected chi connectivity index (χ3v) is 3.28. The van der Waals surface area contributed by atoms with Gasteiger partial charge in [0.2, 0.25) is 0 Å². The van der Waals surface area contributed by atoms with E-state index in [9.17, 15) is 4.57 Å². The van der Waals surface area contributed by atoms with Crippen LogP contribution in [0.25, 0.3) is 0 Å². The molecule has 1 rings (SSSR count). The third kappa shape index (κ3) is 3.11. The molecule has 0 amide bonds. The molecule has 0 bridgehead atoms. The Morgan fingerprint density at radius 3 is 2.47 bits per heavy atom. The Balaban J connectivity index is 3.25. The van der Waals surface area contributed by atoms with Crippen LogP contribution in [0.4, 0.5) is 0 Å². The molecule has 94 valence electrons. The second-order valence-corrected chi connectivity index (χ2v) is 4.31. The van der Waals surface area contributed by atoms with Crippen LogP contribution in [0.5, 0.6) is 0 Å². The molecule has 0 saturated carbocycles. The maximum atomic E-state index is 11.0. The lowest BCUT2D eigenvalue weighted by Crippen LogP contribution is -2.30. The highest BCUT2D eigenvalue weighted by Crippen LogP contribution is 2.39. The number of hydrogen-bond donors (Lipinski definition) is 1. The first-order valence-corrected chi connectivity index (χ1v) is 6.71. The van der Waals surface area contributed by atoms with E-state index in [1.807, 2.05) is 38.1 Å². The van der Waals surface area contributed by atoms with Gasteiger partial charge in [-0.3, -0.25) is 0 Å². The normalized spacial score (nSPS) is 15.4. The van der Waals surface area contributed by atoms with Crippen LogP contribution in [0.1, 0.15) is 31.4 Å². The van der Waals surface area contributed by atoms with Crippen molar-refractivity contribution < 1.29 is 18.7 Å². The molecule has 0 heterocycles. The van der Waals surface area contributed by atoms with E-state index in [2.05, 4.69) is 0 Å². The number of hydrogen-bond acceptors (Lipinski definition) is 3. The summed E-state index contributed by atoms with van der Waals surface area (Å²) in [6.07, 6.45) is 1.27. The Morgan fingerprint density at radius 2 is 2.00 bits per heavy atom. The standard InChI is InChI=1S/C12H17O4P/c1-4-10-8-6-7-9-11(10)12(5-2,15-3)16-17(13)14/h6-9H,4-5H2,1-3H3/p+1. The molecule has 2 unspecified atom stereocenters. The van der Waals surface area contributed by atoms with Crippen molar-refractivity contribution in [1.82, 2.24) is 0 Å². The first-order chi connectivity index (χ1) is 8.09. The van der Waals surface area contributed by atoms with Crippen molar-refractivity contribution in [2.75, 3.05) is 7.11 Å². The van der Waals surface area contributed by atoms with Crippen LogP contribution in [0.15, 0.2) is 24.3 Å². The lowest BCUT2D eigenvalue weighted by atomic mass is 9.96. The van der Waals surface area contributed by atoms with Gasteiger partial charge in [-0.2, -0.15) is 0 Å². The molecule has 2 atom stereocenters. The van der Waals surface area contributed by atoms with Gasteiger partial charge in [-0.15, -0.1) is 4.89 Å². The highest BCUT2D eigenvalue weighted by Gasteiger charge is 2.42. The van der Waals surface area contributed by atoms with Gasteiger partial charge in [0.15, 0.2) is 0 Å². The Kier molecular flexibility index (Phi) is 5.22. The monoisotopic (exact) mass is 257 g/mol. The van der Waals surface area contributed by atoms with Gasteiger partial charge in [0, 0.05) is 23.7 Å². The van der Waals surface area contributed by atoms with Crippen molar-refractivity contribution in [3.63, 3.8) is 0 Å². The summed E-state index contributed by atoms with van der Waals surface area (Å²) in [4.78, 5) is 8.98. The summed E-state index contributed by atoms with van der Waals surface area (Å²) in [5, 5.41) is 0. The molecule has 0 saturated heterocycles. The second kappa shape index (κ2) is 6.22. The molecule has 0 fully saturated rings. The van der Waals surface area contributed by atoms with Gasteiger partial charge in [0.05, 0.1) is 0 Å². The van der Waals surface area contributed by atoms with Crippen LogP contribution in [0.3, 0.4) is 0 Å². The minimum Gasteiger partial charge on any atom is -0.346 e. The number of ether oxygens (including phenoxy) is 1. The second-order valence-electron chi connectivity index (χ2n) is 3.65.